The van der Waals surface area contributed by atoms with Crippen molar-refractivity contribution in [2.75, 3.05) is 0 Å². The van der Waals surface area contributed by atoms with Gasteiger partial charge >= 0.3 is 5.97 Å². The molecule has 4 heteroatoms. The van der Waals surface area contributed by atoms with Gasteiger partial charge in [-0.3, -0.25) is 4.79 Å². The highest BCUT2D eigenvalue weighted by molar-refractivity contribution is 7.13. The summed E-state index contributed by atoms with van der Waals surface area (Å²) in [6.45, 7) is 0. The third-order valence-electron chi connectivity index (χ3n) is 4.15. The number of nitrogens with zero attached hydrogens (tertiary/aromatic N) is 1. The molecule has 0 aliphatic heterocycles. The van der Waals surface area contributed by atoms with Gasteiger partial charge in [-0.15, -0.1) is 11.3 Å². The fraction of sp³-hybridized carbons (Fsp3) is 0.0909. The van der Waals surface area contributed by atoms with E-state index in [4.69, 9.17) is 9.72 Å². The number of hydrogen-bond acceptors (Lipinski definition) is 4. The number of para-hydroxylation sites is 2. The van der Waals surface area contributed by atoms with Crippen molar-refractivity contribution in [3.8, 4) is 16.3 Å². The zero-order valence-electron chi connectivity index (χ0n) is 14.1. The number of carbonyl (C=O) groups excluding carboxylic acids is 1. The number of hydrogen-bond donors (Lipinski definition) is 0. The molecule has 0 aliphatic rings. The molecular formula is C22H17NO2S. The molecule has 3 nitrogen and oxygen atoms in total. The molecule has 0 radical (unpaired) electrons. The molecule has 4 rings (SSSR count). The van der Waals surface area contributed by atoms with Gasteiger partial charge in [-0.1, -0.05) is 42.5 Å². The monoisotopic (exact) mass is 359 g/mol. The van der Waals surface area contributed by atoms with Crippen LogP contribution in [0.3, 0.4) is 0 Å². The summed E-state index contributed by atoms with van der Waals surface area (Å²) in [5.41, 5.74) is 3.01. The van der Waals surface area contributed by atoms with Crippen LogP contribution >= 0.6 is 11.3 Å². The van der Waals surface area contributed by atoms with Crippen LogP contribution in [0, 0.1) is 0 Å². The zero-order valence-corrected chi connectivity index (χ0v) is 14.9. The van der Waals surface area contributed by atoms with Crippen LogP contribution in [0.2, 0.25) is 0 Å². The summed E-state index contributed by atoms with van der Waals surface area (Å²) < 4.78 is 5.40. The Morgan fingerprint density at radius 2 is 1.77 bits per heavy atom. The lowest BCUT2D eigenvalue weighted by molar-refractivity contribution is -0.134. The van der Waals surface area contributed by atoms with Crippen molar-refractivity contribution in [1.29, 1.82) is 0 Å². The van der Waals surface area contributed by atoms with E-state index in [2.05, 4.69) is 18.2 Å². The Morgan fingerprint density at radius 3 is 2.58 bits per heavy atom. The van der Waals surface area contributed by atoms with E-state index in [0.717, 1.165) is 27.0 Å². The van der Waals surface area contributed by atoms with E-state index in [0.29, 0.717) is 18.6 Å². The quantitative estimate of drug-likeness (QED) is 0.349. The van der Waals surface area contributed by atoms with Gasteiger partial charge in [0.2, 0.25) is 0 Å². The SMILES string of the molecule is O=C(CCc1cc(-c2cccs2)nc2ccccc12)Oc1ccccc1. The molecule has 0 spiro atoms. The molecule has 0 saturated carbocycles. The van der Waals surface area contributed by atoms with Crippen LogP contribution in [0.4, 0.5) is 0 Å². The lowest BCUT2D eigenvalue weighted by atomic mass is 10.0. The predicted molar refractivity (Wildman–Crippen MR) is 105 cm³/mol. The number of aromatic nitrogens is 1. The first-order valence-corrected chi connectivity index (χ1v) is 9.36. The molecule has 4 aromatic rings. The Hall–Kier alpha value is -2.98. The topological polar surface area (TPSA) is 39.2 Å². The van der Waals surface area contributed by atoms with Crippen molar-refractivity contribution in [3.63, 3.8) is 0 Å². The molecule has 0 fully saturated rings. The zero-order chi connectivity index (χ0) is 17.8. The number of esters is 1. The smallest absolute Gasteiger partial charge is 0.311 e. The largest absolute Gasteiger partial charge is 0.427 e. The van der Waals surface area contributed by atoms with E-state index in [1.165, 1.54) is 0 Å². The average molecular weight is 359 g/mol. The normalized spacial score (nSPS) is 10.8. The molecule has 0 amide bonds. The highest BCUT2D eigenvalue weighted by atomic mass is 32.1. The summed E-state index contributed by atoms with van der Waals surface area (Å²) in [5.74, 6) is 0.353. The molecule has 26 heavy (non-hydrogen) atoms. The first-order valence-electron chi connectivity index (χ1n) is 8.48. The van der Waals surface area contributed by atoms with Crippen LogP contribution in [0.15, 0.2) is 78.2 Å². The average Bonchev–Trinajstić information content (AvgIpc) is 3.21. The van der Waals surface area contributed by atoms with Gasteiger partial charge in [0.05, 0.1) is 22.5 Å². The van der Waals surface area contributed by atoms with Crippen molar-refractivity contribution < 1.29 is 9.53 Å². The Bertz CT molecular complexity index is 1030. The van der Waals surface area contributed by atoms with Crippen LogP contribution < -0.4 is 4.74 Å². The van der Waals surface area contributed by atoms with Gasteiger partial charge in [0.1, 0.15) is 5.75 Å². The van der Waals surface area contributed by atoms with E-state index < -0.39 is 0 Å². The molecular weight excluding hydrogens is 342 g/mol. The van der Waals surface area contributed by atoms with Crippen molar-refractivity contribution in [1.82, 2.24) is 4.98 Å². The lowest BCUT2D eigenvalue weighted by Gasteiger charge is -2.09. The number of aryl methyl sites for hydroxylation is 1. The molecule has 0 atom stereocenters. The molecule has 0 aliphatic carbocycles. The number of thiophene rings is 1. The van der Waals surface area contributed by atoms with Crippen LogP contribution in [0.25, 0.3) is 21.5 Å². The standard InChI is InChI=1S/C22H17NO2S/c24-22(25-17-7-2-1-3-8-17)13-12-16-15-20(21-11-6-14-26-21)23-19-10-5-4-9-18(16)19/h1-11,14-15H,12-13H2. The Balaban J connectivity index is 1.58. The van der Waals surface area contributed by atoms with E-state index in [1.54, 1.807) is 23.5 Å². The van der Waals surface area contributed by atoms with E-state index in [9.17, 15) is 4.79 Å². The van der Waals surface area contributed by atoms with E-state index >= 15 is 0 Å². The number of ether oxygens (including phenoxy) is 1. The number of fused-ring (bicyclic) bond motifs is 1. The Kier molecular flexibility index (Phi) is 4.75. The van der Waals surface area contributed by atoms with Gasteiger partial charge < -0.3 is 4.74 Å². The minimum atomic E-state index is -0.227. The van der Waals surface area contributed by atoms with Crippen molar-refractivity contribution in [2.24, 2.45) is 0 Å². The van der Waals surface area contributed by atoms with Crippen molar-refractivity contribution in [2.45, 2.75) is 12.8 Å². The van der Waals surface area contributed by atoms with E-state index in [-0.39, 0.29) is 5.97 Å². The lowest BCUT2D eigenvalue weighted by Crippen LogP contribution is -2.09. The minimum absolute atomic E-state index is 0.227. The predicted octanol–water partition coefficient (Wildman–Crippen LogP) is 5.50. The first kappa shape index (κ1) is 16.5. The molecule has 0 bridgehead atoms. The second-order valence-electron chi connectivity index (χ2n) is 5.95. The van der Waals surface area contributed by atoms with Gasteiger partial charge in [-0.2, -0.15) is 0 Å². The minimum Gasteiger partial charge on any atom is -0.427 e. The number of benzene rings is 2. The summed E-state index contributed by atoms with van der Waals surface area (Å²) in [7, 11) is 0. The summed E-state index contributed by atoms with van der Waals surface area (Å²) in [6.07, 6.45) is 0.944. The van der Waals surface area contributed by atoms with Gasteiger partial charge in [0.15, 0.2) is 0 Å². The van der Waals surface area contributed by atoms with Crippen molar-refractivity contribution >= 4 is 28.2 Å². The summed E-state index contributed by atoms with van der Waals surface area (Å²) in [6, 6.07) is 23.4. The first-order chi connectivity index (χ1) is 12.8. The van der Waals surface area contributed by atoms with Crippen LogP contribution in [0.5, 0.6) is 5.75 Å². The second-order valence-corrected chi connectivity index (χ2v) is 6.90. The van der Waals surface area contributed by atoms with E-state index in [1.807, 2.05) is 47.8 Å². The summed E-state index contributed by atoms with van der Waals surface area (Å²) in [5, 5.41) is 3.13. The van der Waals surface area contributed by atoms with Crippen LogP contribution in [-0.2, 0) is 11.2 Å². The molecule has 2 aromatic heterocycles. The Morgan fingerprint density at radius 1 is 0.962 bits per heavy atom. The Labute approximate surface area is 155 Å². The fourth-order valence-electron chi connectivity index (χ4n) is 2.91. The third kappa shape index (κ3) is 3.65. The van der Waals surface area contributed by atoms with Crippen LogP contribution in [-0.4, -0.2) is 11.0 Å². The summed E-state index contributed by atoms with van der Waals surface area (Å²) in [4.78, 5) is 18.1. The second kappa shape index (κ2) is 7.50. The van der Waals surface area contributed by atoms with Gasteiger partial charge in [0.25, 0.3) is 0 Å². The van der Waals surface area contributed by atoms with Gasteiger partial charge in [-0.05, 0) is 47.7 Å². The molecule has 0 N–H and O–H groups in total. The number of pyridine rings is 1. The molecule has 128 valence electrons. The fourth-order valence-corrected chi connectivity index (χ4v) is 3.60. The highest BCUT2D eigenvalue weighted by Crippen LogP contribution is 2.28. The summed E-state index contributed by atoms with van der Waals surface area (Å²) >= 11 is 1.67. The molecule has 0 unspecified atom stereocenters. The maximum atomic E-state index is 12.2. The van der Waals surface area contributed by atoms with Gasteiger partial charge in [-0.25, -0.2) is 4.98 Å². The molecule has 0 saturated heterocycles. The maximum absolute atomic E-state index is 12.2. The molecule has 2 heterocycles. The maximum Gasteiger partial charge on any atom is 0.311 e. The van der Waals surface area contributed by atoms with Crippen LogP contribution in [0.1, 0.15) is 12.0 Å². The molecule has 2 aromatic carbocycles. The van der Waals surface area contributed by atoms with Gasteiger partial charge in [0, 0.05) is 5.39 Å². The number of carbonyl (C=O) groups is 1. The van der Waals surface area contributed by atoms with Crippen molar-refractivity contribution in [3.05, 3.63) is 83.7 Å². The number of rotatable bonds is 5. The highest BCUT2D eigenvalue weighted by Gasteiger charge is 2.11. The third-order valence-corrected chi connectivity index (χ3v) is 5.04.